The number of nitriles is 1. The monoisotopic (exact) mass is 316 g/mol. The van der Waals surface area contributed by atoms with Gasteiger partial charge in [-0.3, -0.25) is 4.79 Å². The van der Waals surface area contributed by atoms with Crippen LogP contribution < -0.4 is 0 Å². The molecule has 6 heteroatoms. The van der Waals surface area contributed by atoms with E-state index in [1.54, 1.807) is 24.3 Å². The summed E-state index contributed by atoms with van der Waals surface area (Å²) in [4.78, 5) is 11.7. The molecule has 0 N–H and O–H groups in total. The number of aryl methyl sites for hydroxylation is 2. The van der Waals surface area contributed by atoms with Gasteiger partial charge in [0, 0.05) is 11.3 Å². The molecule has 0 radical (unpaired) electrons. The lowest BCUT2D eigenvalue weighted by atomic mass is 10.2. The fourth-order valence-corrected chi connectivity index (χ4v) is 2.79. The first-order valence-corrected chi connectivity index (χ1v) is 7.89. The van der Waals surface area contributed by atoms with Gasteiger partial charge in [-0.1, -0.05) is 17.3 Å². The Morgan fingerprint density at radius 3 is 2.68 bits per heavy atom. The van der Waals surface area contributed by atoms with Gasteiger partial charge in [0.15, 0.2) is 0 Å². The summed E-state index contributed by atoms with van der Waals surface area (Å²) in [6, 6.07) is 9.01. The Hall–Kier alpha value is -2.26. The molecule has 22 heavy (non-hydrogen) atoms. The lowest BCUT2D eigenvalue weighted by molar-refractivity contribution is -0.141. The molecule has 5 nitrogen and oxygen atoms in total. The summed E-state index contributed by atoms with van der Waals surface area (Å²) >= 11 is 1.47. The number of thioether (sulfide) groups is 1. The quantitative estimate of drug-likeness (QED) is 0.762. The van der Waals surface area contributed by atoms with Gasteiger partial charge in [0.05, 0.1) is 23.1 Å². The van der Waals surface area contributed by atoms with Gasteiger partial charge >= 0.3 is 5.97 Å². The zero-order chi connectivity index (χ0) is 15.9. The van der Waals surface area contributed by atoms with Crippen molar-refractivity contribution in [2.75, 3.05) is 5.75 Å². The van der Waals surface area contributed by atoms with Gasteiger partial charge < -0.3 is 9.26 Å². The van der Waals surface area contributed by atoms with E-state index in [1.165, 1.54) is 11.8 Å². The number of rotatable bonds is 6. The molecule has 1 aromatic heterocycles. The van der Waals surface area contributed by atoms with Crippen LogP contribution in [0.2, 0.25) is 0 Å². The minimum absolute atomic E-state index is 0.219. The van der Waals surface area contributed by atoms with Crippen molar-refractivity contribution in [2.24, 2.45) is 0 Å². The Bertz CT molecular complexity index is 667. The van der Waals surface area contributed by atoms with E-state index < -0.39 is 0 Å². The highest BCUT2D eigenvalue weighted by Crippen LogP contribution is 2.19. The van der Waals surface area contributed by atoms with Gasteiger partial charge in [0.1, 0.15) is 12.4 Å². The molecule has 1 aromatic carbocycles. The molecule has 0 unspecified atom stereocenters. The van der Waals surface area contributed by atoms with Crippen molar-refractivity contribution in [3.8, 4) is 6.07 Å². The maximum atomic E-state index is 11.7. The number of benzene rings is 1. The Morgan fingerprint density at radius 2 is 2.09 bits per heavy atom. The maximum absolute atomic E-state index is 11.7. The van der Waals surface area contributed by atoms with Crippen LogP contribution in [0, 0.1) is 25.2 Å². The van der Waals surface area contributed by atoms with Crippen molar-refractivity contribution in [3.63, 3.8) is 0 Å². The molecule has 2 aromatic rings. The normalized spacial score (nSPS) is 10.2. The predicted octanol–water partition coefficient (Wildman–Crippen LogP) is 3.14. The number of ether oxygens (including phenoxy) is 1. The molecular formula is C16H16N2O3S. The smallest absolute Gasteiger partial charge is 0.316 e. The zero-order valence-electron chi connectivity index (χ0n) is 12.5. The highest BCUT2D eigenvalue weighted by molar-refractivity contribution is 7.99. The van der Waals surface area contributed by atoms with E-state index >= 15 is 0 Å². The van der Waals surface area contributed by atoms with Crippen LogP contribution in [0.15, 0.2) is 28.8 Å². The van der Waals surface area contributed by atoms with Crippen molar-refractivity contribution < 1.29 is 14.1 Å². The topological polar surface area (TPSA) is 76.1 Å². The molecule has 0 saturated carbocycles. The molecule has 0 atom stereocenters. The van der Waals surface area contributed by atoms with Gasteiger partial charge in [-0.15, -0.1) is 11.8 Å². The number of nitrogens with zero attached hydrogens (tertiary/aromatic N) is 2. The summed E-state index contributed by atoms with van der Waals surface area (Å²) in [5, 5.41) is 12.6. The number of carbonyl (C=O) groups excluding carboxylic acids is 1. The van der Waals surface area contributed by atoms with Crippen LogP contribution in [0.25, 0.3) is 0 Å². The molecule has 2 rings (SSSR count). The fraction of sp³-hybridized carbons (Fsp3) is 0.312. The van der Waals surface area contributed by atoms with Crippen LogP contribution in [0.4, 0.5) is 0 Å². The number of carbonyl (C=O) groups is 1. The number of hydrogen-bond acceptors (Lipinski definition) is 6. The highest BCUT2D eigenvalue weighted by Gasteiger charge is 2.10. The predicted molar refractivity (Wildman–Crippen MR) is 83.1 cm³/mol. The molecule has 0 amide bonds. The van der Waals surface area contributed by atoms with E-state index in [-0.39, 0.29) is 18.3 Å². The van der Waals surface area contributed by atoms with Gasteiger partial charge in [0.2, 0.25) is 0 Å². The summed E-state index contributed by atoms with van der Waals surface area (Å²) in [5.74, 6) is 1.48. The number of hydrogen-bond donors (Lipinski definition) is 0. The summed E-state index contributed by atoms with van der Waals surface area (Å²) in [5.41, 5.74) is 3.34. The molecule has 0 fully saturated rings. The van der Waals surface area contributed by atoms with E-state index in [9.17, 15) is 4.79 Å². The molecule has 0 aliphatic carbocycles. The standard InChI is InChI=1S/C16H16N2O3S/c1-11-15(12(2)21-18-11)9-22-10-16(19)20-8-14-5-3-13(7-17)4-6-14/h3-6H,8-10H2,1-2H3. The van der Waals surface area contributed by atoms with Crippen molar-refractivity contribution in [2.45, 2.75) is 26.2 Å². The molecular weight excluding hydrogens is 300 g/mol. The van der Waals surface area contributed by atoms with Crippen LogP contribution in [0.3, 0.4) is 0 Å². The fourth-order valence-electron chi connectivity index (χ4n) is 1.83. The second-order valence-corrected chi connectivity index (χ2v) is 5.75. The van der Waals surface area contributed by atoms with E-state index in [2.05, 4.69) is 5.16 Å². The average Bonchev–Trinajstić information content (AvgIpc) is 2.85. The molecule has 1 heterocycles. The third-order valence-electron chi connectivity index (χ3n) is 3.13. The molecule has 0 spiro atoms. The van der Waals surface area contributed by atoms with Gasteiger partial charge in [-0.2, -0.15) is 5.26 Å². The lowest BCUT2D eigenvalue weighted by Crippen LogP contribution is -2.07. The van der Waals surface area contributed by atoms with Crippen LogP contribution in [0.5, 0.6) is 0 Å². The first-order chi connectivity index (χ1) is 10.6. The average molecular weight is 316 g/mol. The summed E-state index contributed by atoms with van der Waals surface area (Å²) in [7, 11) is 0. The second kappa shape index (κ2) is 7.66. The van der Waals surface area contributed by atoms with Crippen molar-refractivity contribution in [3.05, 3.63) is 52.4 Å². The molecule has 0 saturated heterocycles. The molecule has 0 bridgehead atoms. The van der Waals surface area contributed by atoms with Crippen molar-refractivity contribution >= 4 is 17.7 Å². The van der Waals surface area contributed by atoms with Gasteiger partial charge in [-0.25, -0.2) is 0 Å². The van der Waals surface area contributed by atoms with E-state index in [0.29, 0.717) is 11.3 Å². The third kappa shape index (κ3) is 4.37. The largest absolute Gasteiger partial charge is 0.460 e. The molecule has 0 aliphatic rings. The third-order valence-corrected chi connectivity index (χ3v) is 4.06. The van der Waals surface area contributed by atoms with Crippen LogP contribution in [-0.4, -0.2) is 16.9 Å². The van der Waals surface area contributed by atoms with Crippen LogP contribution >= 0.6 is 11.8 Å². The minimum Gasteiger partial charge on any atom is -0.460 e. The molecule has 114 valence electrons. The highest BCUT2D eigenvalue weighted by atomic mass is 32.2. The second-order valence-electron chi connectivity index (χ2n) is 4.76. The number of aromatic nitrogens is 1. The summed E-state index contributed by atoms with van der Waals surface area (Å²) < 4.78 is 10.3. The summed E-state index contributed by atoms with van der Waals surface area (Å²) in [6.45, 7) is 3.96. The van der Waals surface area contributed by atoms with Crippen LogP contribution in [-0.2, 0) is 21.9 Å². The van der Waals surface area contributed by atoms with E-state index in [0.717, 1.165) is 22.6 Å². The molecule has 0 aliphatic heterocycles. The van der Waals surface area contributed by atoms with Gasteiger partial charge in [-0.05, 0) is 31.5 Å². The van der Waals surface area contributed by atoms with E-state index in [1.807, 2.05) is 19.9 Å². The Kier molecular flexibility index (Phi) is 5.61. The Labute approximate surface area is 133 Å². The number of esters is 1. The van der Waals surface area contributed by atoms with E-state index in [4.69, 9.17) is 14.5 Å². The Balaban J connectivity index is 1.73. The summed E-state index contributed by atoms with van der Waals surface area (Å²) in [6.07, 6.45) is 0. The Morgan fingerprint density at radius 1 is 1.36 bits per heavy atom. The SMILES string of the molecule is Cc1noc(C)c1CSCC(=O)OCc1ccc(C#N)cc1. The first-order valence-electron chi connectivity index (χ1n) is 6.74. The zero-order valence-corrected chi connectivity index (χ0v) is 13.3. The lowest BCUT2D eigenvalue weighted by Gasteiger charge is -2.05. The van der Waals surface area contributed by atoms with Crippen molar-refractivity contribution in [1.29, 1.82) is 5.26 Å². The van der Waals surface area contributed by atoms with Crippen LogP contribution in [0.1, 0.15) is 28.1 Å². The van der Waals surface area contributed by atoms with Crippen molar-refractivity contribution in [1.82, 2.24) is 5.16 Å². The van der Waals surface area contributed by atoms with Gasteiger partial charge in [0.25, 0.3) is 0 Å². The minimum atomic E-state index is -0.263. The first kappa shape index (κ1) is 16.1. The maximum Gasteiger partial charge on any atom is 0.316 e.